The molecule has 2 aromatic heterocycles. The summed E-state index contributed by atoms with van der Waals surface area (Å²) in [5, 5.41) is 0. The van der Waals surface area contributed by atoms with E-state index in [1.54, 1.807) is 6.07 Å². The van der Waals surface area contributed by atoms with Crippen molar-refractivity contribution >= 4 is 11.8 Å². The van der Waals surface area contributed by atoms with Crippen molar-refractivity contribution in [3.8, 4) is 0 Å². The van der Waals surface area contributed by atoms with E-state index in [9.17, 15) is 27.6 Å². The smallest absolute Gasteiger partial charge is 0.417 e. The topological polar surface area (TPSA) is 70.3 Å². The summed E-state index contributed by atoms with van der Waals surface area (Å²) in [7, 11) is 0. The van der Waals surface area contributed by atoms with Gasteiger partial charge in [0.1, 0.15) is 6.54 Å². The third-order valence-corrected chi connectivity index (χ3v) is 4.67. The minimum absolute atomic E-state index is 0.398. The Kier molecular flexibility index (Phi) is 5.18. The predicted octanol–water partition coefficient (Wildman–Crippen LogP) is 3.05. The second-order valence-electron chi connectivity index (χ2n) is 6.85. The molecule has 0 radical (unpaired) electrons. The first-order chi connectivity index (χ1) is 13.1. The number of carbonyl (C=O) groups is 2. The van der Waals surface area contributed by atoms with E-state index in [2.05, 4.69) is 4.57 Å². The molecule has 9 heteroatoms. The second-order valence-corrected chi connectivity index (χ2v) is 6.85. The van der Waals surface area contributed by atoms with Crippen LogP contribution in [0.2, 0.25) is 0 Å². The molecule has 6 nitrogen and oxygen atoms in total. The molecular weight excluding hydrogens is 377 g/mol. The summed E-state index contributed by atoms with van der Waals surface area (Å²) in [5.41, 5.74) is 0.376. The highest BCUT2D eigenvalue weighted by Crippen LogP contribution is 2.38. The molecule has 0 atom stereocenters. The second kappa shape index (κ2) is 7.29. The quantitative estimate of drug-likeness (QED) is 0.556. The molecule has 28 heavy (non-hydrogen) atoms. The van der Waals surface area contributed by atoms with E-state index in [-0.39, 0.29) is 0 Å². The molecule has 1 saturated carbocycles. The molecule has 0 amide bonds. The van der Waals surface area contributed by atoms with Gasteiger partial charge in [0.25, 0.3) is 5.56 Å². The monoisotopic (exact) mass is 396 g/mol. The van der Waals surface area contributed by atoms with Gasteiger partial charge in [0, 0.05) is 35.3 Å². The standard InChI is InChI=1S/C19H19F3N2O4/c1-11-7-15(12(2)24(11)14-4-5-14)16(25)10-28-18(27)9-23-8-13(19(20,21)22)3-6-17(23)26/h3,6-8,14H,4-5,9-10H2,1-2H3. The van der Waals surface area contributed by atoms with E-state index < -0.39 is 42.2 Å². The Labute approximate surface area is 158 Å². The zero-order chi connectivity index (χ0) is 20.6. The van der Waals surface area contributed by atoms with E-state index in [4.69, 9.17) is 4.74 Å². The van der Waals surface area contributed by atoms with E-state index in [1.807, 2.05) is 13.8 Å². The first-order valence-electron chi connectivity index (χ1n) is 8.73. The maximum absolute atomic E-state index is 12.7. The van der Waals surface area contributed by atoms with Crippen molar-refractivity contribution in [1.82, 2.24) is 9.13 Å². The van der Waals surface area contributed by atoms with Crippen LogP contribution in [0.25, 0.3) is 0 Å². The molecule has 1 aliphatic carbocycles. The number of carbonyl (C=O) groups excluding carboxylic acids is 2. The Bertz CT molecular complexity index is 984. The molecule has 0 saturated heterocycles. The van der Waals surface area contributed by atoms with Crippen LogP contribution in [-0.4, -0.2) is 27.5 Å². The third-order valence-electron chi connectivity index (χ3n) is 4.67. The van der Waals surface area contributed by atoms with E-state index in [0.29, 0.717) is 28.4 Å². The molecule has 2 aromatic rings. The number of aromatic nitrogens is 2. The molecule has 0 aromatic carbocycles. The molecular formula is C19H19F3N2O4. The van der Waals surface area contributed by atoms with Crippen molar-refractivity contribution in [2.75, 3.05) is 6.61 Å². The maximum Gasteiger partial charge on any atom is 0.417 e. The normalized spacial score (nSPS) is 14.2. The predicted molar refractivity (Wildman–Crippen MR) is 93.2 cm³/mol. The fourth-order valence-corrected chi connectivity index (χ4v) is 3.19. The average molecular weight is 396 g/mol. The van der Waals surface area contributed by atoms with Crippen LogP contribution in [0.4, 0.5) is 13.2 Å². The summed E-state index contributed by atoms with van der Waals surface area (Å²) in [4.78, 5) is 36.0. The van der Waals surface area contributed by atoms with Crippen molar-refractivity contribution in [3.05, 3.63) is 57.3 Å². The van der Waals surface area contributed by atoms with Crippen LogP contribution < -0.4 is 5.56 Å². The summed E-state index contributed by atoms with van der Waals surface area (Å²) in [5.74, 6) is -1.37. The summed E-state index contributed by atoms with van der Waals surface area (Å²) < 4.78 is 45.8. The fraction of sp³-hybridized carbons (Fsp3) is 0.421. The zero-order valence-electron chi connectivity index (χ0n) is 15.4. The fourth-order valence-electron chi connectivity index (χ4n) is 3.19. The van der Waals surface area contributed by atoms with Crippen molar-refractivity contribution in [2.45, 2.75) is 45.5 Å². The maximum atomic E-state index is 12.7. The zero-order valence-corrected chi connectivity index (χ0v) is 15.4. The molecule has 0 spiro atoms. The van der Waals surface area contributed by atoms with Gasteiger partial charge in [-0.1, -0.05) is 0 Å². The van der Waals surface area contributed by atoms with E-state index >= 15 is 0 Å². The third kappa shape index (κ3) is 4.18. The van der Waals surface area contributed by atoms with Crippen LogP contribution in [0.15, 0.2) is 29.2 Å². The van der Waals surface area contributed by atoms with Gasteiger partial charge in [-0.2, -0.15) is 13.2 Å². The number of ether oxygens (including phenoxy) is 1. The van der Waals surface area contributed by atoms with Gasteiger partial charge < -0.3 is 13.9 Å². The van der Waals surface area contributed by atoms with Crippen LogP contribution in [0, 0.1) is 13.8 Å². The Morgan fingerprint density at radius 3 is 2.50 bits per heavy atom. The Hall–Kier alpha value is -2.84. The lowest BCUT2D eigenvalue weighted by Gasteiger charge is -2.10. The number of esters is 1. The summed E-state index contributed by atoms with van der Waals surface area (Å²) in [6, 6.07) is 3.51. The summed E-state index contributed by atoms with van der Waals surface area (Å²) >= 11 is 0. The molecule has 0 unspecified atom stereocenters. The summed E-state index contributed by atoms with van der Waals surface area (Å²) in [6.07, 6.45) is -1.97. The number of rotatable bonds is 6. The number of alkyl halides is 3. The number of nitrogens with zero attached hydrogens (tertiary/aromatic N) is 2. The minimum Gasteiger partial charge on any atom is -0.456 e. The lowest BCUT2D eigenvalue weighted by Crippen LogP contribution is -2.27. The molecule has 150 valence electrons. The van der Waals surface area contributed by atoms with Crippen molar-refractivity contribution in [1.29, 1.82) is 0 Å². The van der Waals surface area contributed by atoms with Gasteiger partial charge in [-0.3, -0.25) is 14.4 Å². The number of ketones is 1. The Balaban J connectivity index is 1.64. The SMILES string of the molecule is Cc1cc(C(=O)COC(=O)Cn2cc(C(F)(F)F)ccc2=O)c(C)n1C1CC1. The molecule has 1 fully saturated rings. The van der Waals surface area contributed by atoms with Crippen molar-refractivity contribution < 1.29 is 27.5 Å². The van der Waals surface area contributed by atoms with Crippen LogP contribution in [0.3, 0.4) is 0 Å². The largest absolute Gasteiger partial charge is 0.456 e. The minimum atomic E-state index is -4.64. The summed E-state index contributed by atoms with van der Waals surface area (Å²) in [6.45, 7) is 2.47. The molecule has 0 N–H and O–H groups in total. The van der Waals surface area contributed by atoms with Crippen LogP contribution in [0.1, 0.15) is 46.2 Å². The first-order valence-corrected chi connectivity index (χ1v) is 8.73. The highest BCUT2D eigenvalue weighted by molar-refractivity contribution is 5.99. The molecule has 0 bridgehead atoms. The van der Waals surface area contributed by atoms with Gasteiger partial charge >= 0.3 is 12.1 Å². The van der Waals surface area contributed by atoms with Gasteiger partial charge in [0.2, 0.25) is 5.78 Å². The molecule has 0 aliphatic heterocycles. The highest BCUT2D eigenvalue weighted by atomic mass is 19.4. The van der Waals surface area contributed by atoms with Gasteiger partial charge in [0.15, 0.2) is 6.61 Å². The lowest BCUT2D eigenvalue weighted by atomic mass is 10.1. The van der Waals surface area contributed by atoms with Crippen LogP contribution >= 0.6 is 0 Å². The number of pyridine rings is 1. The van der Waals surface area contributed by atoms with Gasteiger partial charge in [-0.05, 0) is 38.8 Å². The Morgan fingerprint density at radius 1 is 1.21 bits per heavy atom. The van der Waals surface area contributed by atoms with Gasteiger partial charge in [-0.25, -0.2) is 0 Å². The van der Waals surface area contributed by atoms with Crippen molar-refractivity contribution in [3.63, 3.8) is 0 Å². The van der Waals surface area contributed by atoms with E-state index in [1.165, 1.54) is 0 Å². The highest BCUT2D eigenvalue weighted by Gasteiger charge is 2.31. The number of hydrogen-bond donors (Lipinski definition) is 0. The average Bonchev–Trinajstić information content (AvgIpc) is 3.39. The Morgan fingerprint density at radius 2 is 1.89 bits per heavy atom. The number of aryl methyl sites for hydroxylation is 1. The van der Waals surface area contributed by atoms with Crippen LogP contribution in [0.5, 0.6) is 0 Å². The lowest BCUT2D eigenvalue weighted by molar-refractivity contribution is -0.144. The number of Topliss-reactive ketones (excluding diaryl/α,β-unsaturated/α-hetero) is 1. The molecule has 2 heterocycles. The number of hydrogen-bond acceptors (Lipinski definition) is 4. The van der Waals surface area contributed by atoms with E-state index in [0.717, 1.165) is 30.3 Å². The van der Waals surface area contributed by atoms with Crippen molar-refractivity contribution in [2.24, 2.45) is 0 Å². The molecule has 1 aliphatic rings. The van der Waals surface area contributed by atoms with Crippen LogP contribution in [-0.2, 0) is 22.3 Å². The molecule has 3 rings (SSSR count). The first kappa shape index (κ1) is 19.9. The van der Waals surface area contributed by atoms with Gasteiger partial charge in [-0.15, -0.1) is 0 Å². The number of halogens is 3. The van der Waals surface area contributed by atoms with Gasteiger partial charge in [0.05, 0.1) is 5.56 Å².